The first kappa shape index (κ1) is 20.8. The summed E-state index contributed by atoms with van der Waals surface area (Å²) < 4.78 is 1.77. The normalized spacial score (nSPS) is 12.6. The van der Waals surface area contributed by atoms with Crippen molar-refractivity contribution in [2.45, 2.75) is 0 Å². The highest BCUT2D eigenvalue weighted by Crippen LogP contribution is 2.31. The zero-order valence-corrected chi connectivity index (χ0v) is 18.8. The molecule has 2 amide bonds. The Labute approximate surface area is 203 Å². The molecule has 0 unspecified atom stereocenters. The highest BCUT2D eigenvalue weighted by atomic mass is 16.2. The zero-order chi connectivity index (χ0) is 23.8. The Hall–Kier alpha value is -4.83. The molecule has 4 aromatic carbocycles. The van der Waals surface area contributed by atoms with Crippen molar-refractivity contribution in [2.75, 3.05) is 5.01 Å². The molecule has 5 aromatic rings. The van der Waals surface area contributed by atoms with Crippen molar-refractivity contribution in [1.29, 1.82) is 0 Å². The Morgan fingerprint density at radius 3 is 1.23 bits per heavy atom. The molecular weight excluding hydrogens is 432 g/mol. The van der Waals surface area contributed by atoms with Crippen molar-refractivity contribution in [3.8, 4) is 33.6 Å². The van der Waals surface area contributed by atoms with Crippen LogP contribution >= 0.6 is 0 Å². The molecule has 0 radical (unpaired) electrons. The summed E-state index contributed by atoms with van der Waals surface area (Å²) in [6, 6.07) is 40.9. The number of carbonyl (C=O) groups excluding carboxylic acids is 2. The van der Waals surface area contributed by atoms with E-state index in [0.29, 0.717) is 11.1 Å². The van der Waals surface area contributed by atoms with E-state index in [2.05, 4.69) is 12.1 Å². The monoisotopic (exact) mass is 453 g/mol. The maximum atomic E-state index is 13.6. The van der Waals surface area contributed by atoms with Crippen LogP contribution in [0.25, 0.3) is 33.6 Å². The van der Waals surface area contributed by atoms with Gasteiger partial charge in [0.05, 0.1) is 11.1 Å². The SMILES string of the molecule is O=C1c2ccccc2C(=O)N1[n+]1c(-c2ccccc2)cc(-c2ccccc2)cc1-c1ccccc1. The van der Waals surface area contributed by atoms with Crippen LogP contribution in [-0.2, 0) is 0 Å². The molecule has 0 saturated carbocycles. The molecule has 0 N–H and O–H groups in total. The van der Waals surface area contributed by atoms with Crippen LogP contribution in [0.1, 0.15) is 20.7 Å². The molecule has 1 aromatic heterocycles. The predicted molar refractivity (Wildman–Crippen MR) is 136 cm³/mol. The predicted octanol–water partition coefficient (Wildman–Crippen LogP) is 5.91. The molecule has 4 heteroatoms. The van der Waals surface area contributed by atoms with E-state index >= 15 is 0 Å². The Balaban J connectivity index is 1.69. The lowest BCUT2D eigenvalue weighted by atomic mass is 9.99. The Kier molecular flexibility index (Phi) is 5.04. The van der Waals surface area contributed by atoms with Crippen LogP contribution < -0.4 is 9.69 Å². The van der Waals surface area contributed by atoms with E-state index in [1.165, 1.54) is 5.01 Å². The van der Waals surface area contributed by atoms with Gasteiger partial charge in [0.15, 0.2) is 0 Å². The number of carbonyl (C=O) groups is 2. The van der Waals surface area contributed by atoms with Gasteiger partial charge >= 0.3 is 11.8 Å². The quantitative estimate of drug-likeness (QED) is 0.251. The Bertz CT molecular complexity index is 1470. The summed E-state index contributed by atoms with van der Waals surface area (Å²) in [5.41, 5.74) is 6.18. The van der Waals surface area contributed by atoms with E-state index in [9.17, 15) is 9.59 Å². The lowest BCUT2D eigenvalue weighted by Crippen LogP contribution is -2.63. The maximum Gasteiger partial charge on any atom is 0.319 e. The smallest absolute Gasteiger partial charge is 0.263 e. The number of fused-ring (bicyclic) bond motifs is 1. The summed E-state index contributed by atoms with van der Waals surface area (Å²) >= 11 is 0. The van der Waals surface area contributed by atoms with Gasteiger partial charge in [0.25, 0.3) is 0 Å². The van der Waals surface area contributed by atoms with Crippen LogP contribution in [0.3, 0.4) is 0 Å². The van der Waals surface area contributed by atoms with Gasteiger partial charge in [-0.3, -0.25) is 9.59 Å². The minimum absolute atomic E-state index is 0.336. The largest absolute Gasteiger partial charge is 0.319 e. The van der Waals surface area contributed by atoms with Gasteiger partial charge in [-0.15, -0.1) is 0 Å². The average Bonchev–Trinajstić information content (AvgIpc) is 3.19. The van der Waals surface area contributed by atoms with E-state index in [1.807, 2.05) is 91.0 Å². The van der Waals surface area contributed by atoms with Crippen LogP contribution in [0.2, 0.25) is 0 Å². The van der Waals surface area contributed by atoms with Gasteiger partial charge < -0.3 is 0 Å². The molecule has 0 atom stereocenters. The fraction of sp³-hybridized carbons (Fsp3) is 0. The third-order valence-electron chi connectivity index (χ3n) is 6.26. The molecule has 6 rings (SSSR count). The molecule has 35 heavy (non-hydrogen) atoms. The van der Waals surface area contributed by atoms with Crippen molar-refractivity contribution in [1.82, 2.24) is 0 Å². The fourth-order valence-corrected chi connectivity index (χ4v) is 4.59. The molecule has 0 bridgehead atoms. The van der Waals surface area contributed by atoms with Gasteiger partial charge in [-0.2, -0.15) is 0 Å². The molecule has 1 aliphatic rings. The zero-order valence-electron chi connectivity index (χ0n) is 18.8. The minimum Gasteiger partial charge on any atom is -0.263 e. The summed E-state index contributed by atoms with van der Waals surface area (Å²) in [5, 5.41) is 1.27. The number of amides is 2. The van der Waals surface area contributed by atoms with Gasteiger partial charge in [0, 0.05) is 23.3 Å². The van der Waals surface area contributed by atoms with Gasteiger partial charge in [-0.1, -0.05) is 83.5 Å². The molecule has 4 nitrogen and oxygen atoms in total. The van der Waals surface area contributed by atoms with Crippen molar-refractivity contribution in [3.05, 3.63) is 139 Å². The Morgan fingerprint density at radius 2 is 0.800 bits per heavy atom. The van der Waals surface area contributed by atoms with E-state index in [0.717, 1.165) is 33.6 Å². The van der Waals surface area contributed by atoms with Gasteiger partial charge in [0.1, 0.15) is 0 Å². The van der Waals surface area contributed by atoms with Crippen LogP contribution in [0.4, 0.5) is 0 Å². The van der Waals surface area contributed by atoms with Crippen LogP contribution in [0.5, 0.6) is 0 Å². The third-order valence-corrected chi connectivity index (χ3v) is 6.26. The van der Waals surface area contributed by atoms with Crippen molar-refractivity contribution in [2.24, 2.45) is 0 Å². The molecular formula is C31H21N2O2+. The number of pyridine rings is 1. The summed E-state index contributed by atoms with van der Waals surface area (Å²) in [6.45, 7) is 0. The summed E-state index contributed by atoms with van der Waals surface area (Å²) in [5.74, 6) is -0.671. The average molecular weight is 454 g/mol. The number of aromatic nitrogens is 1. The van der Waals surface area contributed by atoms with Gasteiger partial charge in [-0.25, -0.2) is 0 Å². The van der Waals surface area contributed by atoms with Crippen molar-refractivity contribution in [3.63, 3.8) is 0 Å². The number of rotatable bonds is 4. The van der Waals surface area contributed by atoms with Gasteiger partial charge in [0.2, 0.25) is 11.4 Å². The maximum absolute atomic E-state index is 13.6. The number of nitrogens with zero attached hydrogens (tertiary/aromatic N) is 2. The molecule has 166 valence electrons. The second kappa shape index (κ2) is 8.50. The number of hydrogen-bond acceptors (Lipinski definition) is 2. The summed E-state index contributed by atoms with van der Waals surface area (Å²) in [4.78, 5) is 27.2. The molecule has 2 heterocycles. The highest BCUT2D eigenvalue weighted by molar-refractivity contribution is 6.29. The lowest BCUT2D eigenvalue weighted by Gasteiger charge is -2.16. The van der Waals surface area contributed by atoms with Crippen LogP contribution in [-0.4, -0.2) is 11.8 Å². The second-order valence-electron chi connectivity index (χ2n) is 8.39. The van der Waals surface area contributed by atoms with Gasteiger partial charge in [-0.05, 0) is 52.5 Å². The number of hydrogen-bond donors (Lipinski definition) is 0. The van der Waals surface area contributed by atoms with E-state index in [-0.39, 0.29) is 11.8 Å². The lowest BCUT2D eigenvalue weighted by molar-refractivity contribution is -0.649. The minimum atomic E-state index is -0.336. The van der Waals surface area contributed by atoms with Crippen LogP contribution in [0.15, 0.2) is 127 Å². The van der Waals surface area contributed by atoms with E-state index < -0.39 is 0 Å². The van der Waals surface area contributed by atoms with E-state index in [4.69, 9.17) is 0 Å². The summed E-state index contributed by atoms with van der Waals surface area (Å²) in [7, 11) is 0. The molecule has 0 spiro atoms. The third kappa shape index (κ3) is 3.52. The number of imide groups is 1. The first-order chi connectivity index (χ1) is 17.2. The molecule has 0 fully saturated rings. The van der Waals surface area contributed by atoms with Crippen molar-refractivity contribution >= 4 is 11.8 Å². The summed E-state index contributed by atoms with van der Waals surface area (Å²) in [6.07, 6.45) is 0. The molecule has 0 aliphatic carbocycles. The Morgan fingerprint density at radius 1 is 0.429 bits per heavy atom. The highest BCUT2D eigenvalue weighted by Gasteiger charge is 2.45. The van der Waals surface area contributed by atoms with Crippen molar-refractivity contribution < 1.29 is 14.3 Å². The van der Waals surface area contributed by atoms with Crippen LogP contribution in [0, 0.1) is 0 Å². The molecule has 1 aliphatic heterocycles. The second-order valence-corrected chi connectivity index (χ2v) is 8.39. The fourth-order valence-electron chi connectivity index (χ4n) is 4.59. The standard InChI is InChI=1S/C31H21N2O2/c34-30-26-18-10-11-19-27(26)31(35)33(30)32-28(23-14-6-2-7-15-23)20-25(22-12-4-1-5-13-22)21-29(32)24-16-8-3-9-17-24/h1-21H/q+1. The first-order valence-electron chi connectivity index (χ1n) is 11.5. The number of benzene rings is 4. The molecule has 0 saturated heterocycles. The van der Waals surface area contributed by atoms with E-state index in [1.54, 1.807) is 28.9 Å². The topological polar surface area (TPSA) is 41.3 Å². The first-order valence-corrected chi connectivity index (χ1v) is 11.5.